The molecule has 1 fully saturated rings. The number of piperazine rings is 1. The predicted molar refractivity (Wildman–Crippen MR) is 75.2 cm³/mol. The van der Waals surface area contributed by atoms with Crippen molar-refractivity contribution in [2.75, 3.05) is 45.6 Å². The lowest BCUT2D eigenvalue weighted by Crippen LogP contribution is -2.51. The fourth-order valence-electron chi connectivity index (χ4n) is 1.99. The Kier molecular flexibility index (Phi) is 6.90. The fourth-order valence-corrected chi connectivity index (χ4v) is 3.48. The lowest BCUT2D eigenvalue weighted by Gasteiger charge is -2.33. The Bertz CT molecular complexity index is 456. The van der Waals surface area contributed by atoms with Crippen molar-refractivity contribution in [3.05, 3.63) is 0 Å². The van der Waals surface area contributed by atoms with Crippen LogP contribution in [0.1, 0.15) is 19.8 Å². The summed E-state index contributed by atoms with van der Waals surface area (Å²) in [6.07, 6.45) is -0.105. The normalized spacial score (nSPS) is 16.6. The molecule has 0 atom stereocenters. The van der Waals surface area contributed by atoms with Gasteiger partial charge >= 0.3 is 12.1 Å². The molecule has 1 amide bonds. The van der Waals surface area contributed by atoms with Crippen molar-refractivity contribution in [2.24, 2.45) is 0 Å². The summed E-state index contributed by atoms with van der Waals surface area (Å²) < 4.78 is 34.9. The minimum Gasteiger partial charge on any atom is -0.469 e. The third-order valence-corrected chi connectivity index (χ3v) is 5.13. The van der Waals surface area contributed by atoms with Crippen molar-refractivity contribution in [3.63, 3.8) is 0 Å². The van der Waals surface area contributed by atoms with Gasteiger partial charge in [0.15, 0.2) is 0 Å². The number of esters is 1. The van der Waals surface area contributed by atoms with Crippen molar-refractivity contribution >= 4 is 22.1 Å². The van der Waals surface area contributed by atoms with E-state index in [4.69, 9.17) is 4.74 Å². The topological polar surface area (TPSA) is 93.2 Å². The second-order valence-corrected chi connectivity index (χ2v) is 6.67. The average molecular weight is 322 g/mol. The molecule has 0 N–H and O–H groups in total. The molecule has 1 saturated heterocycles. The summed E-state index contributed by atoms with van der Waals surface area (Å²) >= 11 is 0. The van der Waals surface area contributed by atoms with E-state index in [1.165, 1.54) is 16.3 Å². The standard InChI is InChI=1S/C12H22N2O6S/c1-3-20-12(16)13-6-8-14(9-7-13)21(17,18)10-4-5-11(15)19-2/h3-10H2,1-2H3. The summed E-state index contributed by atoms with van der Waals surface area (Å²) in [5, 5.41) is 0. The van der Waals surface area contributed by atoms with Gasteiger partial charge in [0.1, 0.15) is 0 Å². The molecule has 0 unspecified atom stereocenters. The molecule has 1 aliphatic heterocycles. The van der Waals surface area contributed by atoms with Gasteiger partial charge in [-0.1, -0.05) is 0 Å². The minimum atomic E-state index is -3.40. The first-order valence-corrected chi connectivity index (χ1v) is 8.48. The molecule has 0 aliphatic carbocycles. The van der Waals surface area contributed by atoms with Gasteiger partial charge in [-0.3, -0.25) is 4.79 Å². The van der Waals surface area contributed by atoms with E-state index in [0.717, 1.165) is 0 Å². The number of hydrogen-bond donors (Lipinski definition) is 0. The first-order valence-electron chi connectivity index (χ1n) is 6.87. The number of rotatable bonds is 6. The SMILES string of the molecule is CCOC(=O)N1CCN(S(=O)(=O)CCCC(=O)OC)CC1. The first kappa shape index (κ1) is 17.7. The third-order valence-electron chi connectivity index (χ3n) is 3.17. The Morgan fingerprint density at radius 1 is 1.14 bits per heavy atom. The molecule has 1 aliphatic rings. The lowest BCUT2D eigenvalue weighted by atomic mass is 10.3. The lowest BCUT2D eigenvalue weighted by molar-refractivity contribution is -0.140. The second kappa shape index (κ2) is 8.18. The van der Waals surface area contributed by atoms with E-state index in [9.17, 15) is 18.0 Å². The van der Waals surface area contributed by atoms with Gasteiger partial charge in [0, 0.05) is 32.6 Å². The van der Waals surface area contributed by atoms with E-state index in [1.54, 1.807) is 6.92 Å². The minimum absolute atomic E-state index is 0.0819. The number of hydrogen-bond acceptors (Lipinski definition) is 6. The number of amides is 1. The molecule has 8 nitrogen and oxygen atoms in total. The molecule has 0 bridgehead atoms. The maximum atomic E-state index is 12.1. The Hall–Kier alpha value is -1.35. The monoisotopic (exact) mass is 322 g/mol. The van der Waals surface area contributed by atoms with Crippen molar-refractivity contribution < 1.29 is 27.5 Å². The van der Waals surface area contributed by atoms with Gasteiger partial charge in [0.25, 0.3) is 0 Å². The summed E-state index contributed by atoms with van der Waals surface area (Å²) in [6, 6.07) is 0. The number of carbonyl (C=O) groups excluding carboxylic acids is 2. The van der Waals surface area contributed by atoms with Crippen LogP contribution in [0.5, 0.6) is 0 Å². The second-order valence-electron chi connectivity index (χ2n) is 4.58. The first-order chi connectivity index (χ1) is 9.90. The number of carbonyl (C=O) groups is 2. The highest BCUT2D eigenvalue weighted by atomic mass is 32.2. The average Bonchev–Trinajstić information content (AvgIpc) is 2.47. The Morgan fingerprint density at radius 3 is 2.29 bits per heavy atom. The molecule has 9 heteroatoms. The van der Waals surface area contributed by atoms with E-state index in [-0.39, 0.29) is 31.7 Å². The molecule has 0 aromatic heterocycles. The molecular formula is C12H22N2O6S. The van der Waals surface area contributed by atoms with Gasteiger partial charge in [-0.25, -0.2) is 13.2 Å². The zero-order valence-corrected chi connectivity index (χ0v) is 13.2. The molecule has 0 aromatic rings. The molecule has 1 heterocycles. The molecular weight excluding hydrogens is 300 g/mol. The zero-order valence-electron chi connectivity index (χ0n) is 12.4. The van der Waals surface area contributed by atoms with Gasteiger partial charge in [0.05, 0.1) is 19.5 Å². The maximum absolute atomic E-state index is 12.1. The van der Waals surface area contributed by atoms with Crippen molar-refractivity contribution in [3.8, 4) is 0 Å². The third kappa shape index (κ3) is 5.50. The summed E-state index contributed by atoms with van der Waals surface area (Å²) in [4.78, 5) is 24.0. The van der Waals surface area contributed by atoms with Crippen molar-refractivity contribution in [2.45, 2.75) is 19.8 Å². The highest BCUT2D eigenvalue weighted by Gasteiger charge is 2.29. The molecule has 0 radical (unpaired) electrons. The van der Waals surface area contributed by atoms with Gasteiger partial charge < -0.3 is 14.4 Å². The van der Waals surface area contributed by atoms with Crippen LogP contribution >= 0.6 is 0 Å². The number of ether oxygens (including phenoxy) is 2. The molecule has 21 heavy (non-hydrogen) atoms. The van der Waals surface area contributed by atoms with Gasteiger partial charge in [0.2, 0.25) is 10.0 Å². The molecule has 1 rings (SSSR count). The van der Waals surface area contributed by atoms with Crippen LogP contribution in [-0.4, -0.2) is 75.3 Å². The van der Waals surface area contributed by atoms with Crippen LogP contribution in [0.25, 0.3) is 0 Å². The van der Waals surface area contributed by atoms with Crippen molar-refractivity contribution in [1.29, 1.82) is 0 Å². The van der Waals surface area contributed by atoms with E-state index >= 15 is 0 Å². The van der Waals surface area contributed by atoms with E-state index in [1.807, 2.05) is 0 Å². The number of methoxy groups -OCH3 is 1. The smallest absolute Gasteiger partial charge is 0.409 e. The van der Waals surface area contributed by atoms with E-state index in [0.29, 0.717) is 19.7 Å². The fraction of sp³-hybridized carbons (Fsp3) is 0.833. The molecule has 0 spiro atoms. The summed E-state index contributed by atoms with van der Waals surface area (Å²) in [5.41, 5.74) is 0. The zero-order chi connectivity index (χ0) is 15.9. The Balaban J connectivity index is 2.41. The van der Waals surface area contributed by atoms with Gasteiger partial charge in [-0.2, -0.15) is 4.31 Å². The highest BCUT2D eigenvalue weighted by Crippen LogP contribution is 2.11. The van der Waals surface area contributed by atoms with E-state index in [2.05, 4.69) is 4.74 Å². The highest BCUT2D eigenvalue weighted by molar-refractivity contribution is 7.89. The largest absolute Gasteiger partial charge is 0.469 e. The number of nitrogens with zero attached hydrogens (tertiary/aromatic N) is 2. The summed E-state index contributed by atoms with van der Waals surface area (Å²) in [6.45, 7) is 3.15. The van der Waals surface area contributed by atoms with E-state index < -0.39 is 22.1 Å². The van der Waals surface area contributed by atoms with Crippen LogP contribution in [0, 0.1) is 0 Å². The summed E-state index contributed by atoms with van der Waals surface area (Å²) in [7, 11) is -2.13. The molecule has 122 valence electrons. The van der Waals surface area contributed by atoms with Crippen LogP contribution in [-0.2, 0) is 24.3 Å². The molecule has 0 aromatic carbocycles. The summed E-state index contributed by atoms with van der Waals surface area (Å²) in [5.74, 6) is -0.515. The van der Waals surface area contributed by atoms with Gasteiger partial charge in [-0.15, -0.1) is 0 Å². The Morgan fingerprint density at radius 2 is 1.76 bits per heavy atom. The number of sulfonamides is 1. The van der Waals surface area contributed by atoms with Gasteiger partial charge in [-0.05, 0) is 13.3 Å². The van der Waals surface area contributed by atoms with Crippen molar-refractivity contribution in [1.82, 2.24) is 9.21 Å². The van der Waals surface area contributed by atoms with Crippen LogP contribution in [0.2, 0.25) is 0 Å². The quantitative estimate of drug-likeness (QED) is 0.641. The Labute approximate surface area is 125 Å². The van der Waals surface area contributed by atoms with Crippen LogP contribution in [0.3, 0.4) is 0 Å². The van der Waals surface area contributed by atoms with Crippen LogP contribution in [0.4, 0.5) is 4.79 Å². The van der Waals surface area contributed by atoms with Crippen LogP contribution < -0.4 is 0 Å². The molecule has 0 saturated carbocycles. The maximum Gasteiger partial charge on any atom is 0.409 e. The van der Waals surface area contributed by atoms with Crippen LogP contribution in [0.15, 0.2) is 0 Å². The predicted octanol–water partition coefficient (Wildman–Crippen LogP) is 0.0435.